The number of carbonyl (C=O) groups is 3. The van der Waals surface area contributed by atoms with Crippen LogP contribution in [0.2, 0.25) is 0 Å². The predicted octanol–water partition coefficient (Wildman–Crippen LogP) is -1.54. The molecule has 1 aromatic heterocycles. The van der Waals surface area contributed by atoms with Crippen LogP contribution in [0.3, 0.4) is 0 Å². The average molecular weight is 390 g/mol. The standard InChI is InChI=1S/C17H15FN4O6/c18-8-5-22(13-11(23)6-28-14(8)13)12(24)4-19-15(25)7-1-2-9-10(3-7)21-17(27)16(26)20-9/h1-3,8,13-14H,4-6H2,(H,19,25)(H,20,26)(H,21,27)/t8-,13+,14+/m0/s1. The maximum absolute atomic E-state index is 13.9. The molecule has 146 valence electrons. The van der Waals surface area contributed by atoms with Crippen molar-refractivity contribution in [2.24, 2.45) is 0 Å². The molecule has 4 rings (SSSR count). The molecule has 0 spiro atoms. The molecule has 0 bridgehead atoms. The molecule has 2 aromatic rings. The molecule has 0 aliphatic carbocycles. The van der Waals surface area contributed by atoms with Gasteiger partial charge in [-0.05, 0) is 18.2 Å². The van der Waals surface area contributed by atoms with Gasteiger partial charge in [-0.25, -0.2) is 4.39 Å². The summed E-state index contributed by atoms with van der Waals surface area (Å²) in [5.74, 6) is -1.57. The van der Waals surface area contributed by atoms with Gasteiger partial charge in [0.2, 0.25) is 5.91 Å². The van der Waals surface area contributed by atoms with Gasteiger partial charge in [-0.3, -0.25) is 24.0 Å². The molecule has 3 heterocycles. The number of rotatable bonds is 3. The van der Waals surface area contributed by atoms with Crippen molar-refractivity contribution in [1.82, 2.24) is 20.2 Å². The number of aromatic amines is 2. The van der Waals surface area contributed by atoms with E-state index < -0.39 is 47.8 Å². The first kappa shape index (κ1) is 18.0. The van der Waals surface area contributed by atoms with Crippen LogP contribution in [0.1, 0.15) is 10.4 Å². The fourth-order valence-electron chi connectivity index (χ4n) is 3.47. The van der Waals surface area contributed by atoms with E-state index in [-0.39, 0.29) is 30.0 Å². The summed E-state index contributed by atoms with van der Waals surface area (Å²) >= 11 is 0. The molecule has 3 atom stereocenters. The van der Waals surface area contributed by atoms with Crippen molar-refractivity contribution in [1.29, 1.82) is 0 Å². The van der Waals surface area contributed by atoms with Crippen molar-refractivity contribution in [2.75, 3.05) is 19.7 Å². The maximum Gasteiger partial charge on any atom is 0.314 e. The summed E-state index contributed by atoms with van der Waals surface area (Å²) in [6.07, 6.45) is -2.40. The molecule has 11 heteroatoms. The number of ether oxygens (including phenoxy) is 1. The van der Waals surface area contributed by atoms with E-state index >= 15 is 0 Å². The van der Waals surface area contributed by atoms with Gasteiger partial charge < -0.3 is 24.9 Å². The first-order valence-corrected chi connectivity index (χ1v) is 8.47. The Kier molecular flexibility index (Phi) is 4.30. The average Bonchev–Trinajstić information content (AvgIpc) is 3.21. The van der Waals surface area contributed by atoms with Gasteiger partial charge in [-0.2, -0.15) is 0 Å². The van der Waals surface area contributed by atoms with Crippen LogP contribution in [-0.2, 0) is 14.3 Å². The fraction of sp³-hybridized carbons (Fsp3) is 0.353. The normalized spacial score (nSPS) is 23.8. The maximum atomic E-state index is 13.9. The van der Waals surface area contributed by atoms with E-state index in [0.717, 1.165) is 4.90 Å². The van der Waals surface area contributed by atoms with Crippen molar-refractivity contribution in [2.45, 2.75) is 18.3 Å². The summed E-state index contributed by atoms with van der Waals surface area (Å²) in [5.41, 5.74) is -0.927. The Balaban J connectivity index is 1.45. The zero-order valence-electron chi connectivity index (χ0n) is 14.4. The summed E-state index contributed by atoms with van der Waals surface area (Å²) in [5, 5.41) is 2.41. The lowest BCUT2D eigenvalue weighted by atomic mass is 10.1. The van der Waals surface area contributed by atoms with Crippen molar-refractivity contribution >= 4 is 28.6 Å². The van der Waals surface area contributed by atoms with Crippen LogP contribution < -0.4 is 16.4 Å². The van der Waals surface area contributed by atoms with Gasteiger partial charge in [0.15, 0.2) is 5.78 Å². The van der Waals surface area contributed by atoms with Gasteiger partial charge >= 0.3 is 11.1 Å². The number of ketones is 1. The zero-order chi connectivity index (χ0) is 20.0. The van der Waals surface area contributed by atoms with Gasteiger partial charge in [-0.15, -0.1) is 0 Å². The van der Waals surface area contributed by atoms with Crippen LogP contribution in [0, 0.1) is 0 Å². The molecule has 2 amide bonds. The first-order chi connectivity index (χ1) is 13.3. The number of alkyl halides is 1. The lowest BCUT2D eigenvalue weighted by molar-refractivity contribution is -0.135. The minimum absolute atomic E-state index is 0.144. The highest BCUT2D eigenvalue weighted by atomic mass is 19.1. The third-order valence-corrected chi connectivity index (χ3v) is 4.83. The van der Waals surface area contributed by atoms with Crippen molar-refractivity contribution in [3.05, 3.63) is 44.5 Å². The Hall–Kier alpha value is -3.34. The van der Waals surface area contributed by atoms with E-state index in [0.29, 0.717) is 5.52 Å². The summed E-state index contributed by atoms with van der Waals surface area (Å²) < 4.78 is 19.0. The van der Waals surface area contributed by atoms with Gasteiger partial charge in [0.05, 0.1) is 24.1 Å². The number of nitrogens with one attached hydrogen (secondary N) is 3. The lowest BCUT2D eigenvalue weighted by Crippen LogP contribution is -2.46. The number of amides is 2. The number of carbonyl (C=O) groups excluding carboxylic acids is 3. The number of likely N-dealkylation sites (tertiary alicyclic amines) is 1. The molecule has 2 fully saturated rings. The topological polar surface area (TPSA) is 141 Å². The van der Waals surface area contributed by atoms with E-state index in [1.807, 2.05) is 0 Å². The number of H-pyrrole nitrogens is 2. The minimum atomic E-state index is -1.45. The van der Waals surface area contributed by atoms with E-state index in [4.69, 9.17) is 4.74 Å². The molecule has 10 nitrogen and oxygen atoms in total. The van der Waals surface area contributed by atoms with E-state index in [9.17, 15) is 28.4 Å². The second-order valence-electron chi connectivity index (χ2n) is 6.60. The van der Waals surface area contributed by atoms with Crippen LogP contribution in [0.4, 0.5) is 4.39 Å². The largest absolute Gasteiger partial charge is 0.365 e. The van der Waals surface area contributed by atoms with E-state index in [1.165, 1.54) is 18.2 Å². The molecule has 28 heavy (non-hydrogen) atoms. The third-order valence-electron chi connectivity index (χ3n) is 4.83. The van der Waals surface area contributed by atoms with Gasteiger partial charge in [0.1, 0.15) is 24.9 Å². The van der Waals surface area contributed by atoms with Crippen LogP contribution in [0.15, 0.2) is 27.8 Å². The second-order valence-corrected chi connectivity index (χ2v) is 6.60. The number of aromatic nitrogens is 2. The molecule has 2 aliphatic heterocycles. The fourth-order valence-corrected chi connectivity index (χ4v) is 3.47. The lowest BCUT2D eigenvalue weighted by Gasteiger charge is -2.21. The molecule has 3 N–H and O–H groups in total. The molecular formula is C17H15FN4O6. The van der Waals surface area contributed by atoms with Gasteiger partial charge in [0.25, 0.3) is 5.91 Å². The number of fused-ring (bicyclic) bond motifs is 2. The summed E-state index contributed by atoms with van der Waals surface area (Å²) in [6.45, 7) is -0.925. The Morgan fingerprint density at radius 2 is 1.89 bits per heavy atom. The van der Waals surface area contributed by atoms with Crippen molar-refractivity contribution in [3.8, 4) is 0 Å². The molecule has 0 unspecified atom stereocenters. The van der Waals surface area contributed by atoms with Gasteiger partial charge in [-0.1, -0.05) is 0 Å². The molecular weight excluding hydrogens is 375 g/mol. The third kappa shape index (κ3) is 2.99. The minimum Gasteiger partial charge on any atom is -0.365 e. The highest BCUT2D eigenvalue weighted by molar-refractivity contribution is 5.99. The Morgan fingerprint density at radius 3 is 2.64 bits per heavy atom. The van der Waals surface area contributed by atoms with Crippen LogP contribution in [0.25, 0.3) is 11.0 Å². The molecule has 1 aromatic carbocycles. The smallest absolute Gasteiger partial charge is 0.314 e. The Labute approximate surface area is 155 Å². The Bertz CT molecular complexity index is 1110. The van der Waals surface area contributed by atoms with E-state index in [2.05, 4.69) is 15.3 Å². The highest BCUT2D eigenvalue weighted by Gasteiger charge is 2.52. The van der Waals surface area contributed by atoms with E-state index in [1.54, 1.807) is 0 Å². The summed E-state index contributed by atoms with van der Waals surface area (Å²) in [4.78, 5) is 65.0. The van der Waals surface area contributed by atoms with Crippen LogP contribution >= 0.6 is 0 Å². The second kappa shape index (κ2) is 6.68. The number of benzene rings is 1. The summed E-state index contributed by atoms with van der Waals surface area (Å²) in [6, 6.07) is 3.25. The zero-order valence-corrected chi connectivity index (χ0v) is 14.4. The van der Waals surface area contributed by atoms with Gasteiger partial charge in [0, 0.05) is 5.56 Å². The molecule has 0 radical (unpaired) electrons. The number of halogens is 1. The number of hydrogen-bond acceptors (Lipinski definition) is 6. The van der Waals surface area contributed by atoms with Crippen molar-refractivity contribution < 1.29 is 23.5 Å². The van der Waals surface area contributed by atoms with Crippen LogP contribution in [0.5, 0.6) is 0 Å². The number of nitrogens with zero attached hydrogens (tertiary/aromatic N) is 1. The van der Waals surface area contributed by atoms with Crippen molar-refractivity contribution in [3.63, 3.8) is 0 Å². The molecule has 2 aliphatic rings. The SMILES string of the molecule is O=C(NCC(=O)N1C[C@H](F)[C@H]2OCC(=O)[C@H]21)c1ccc2[nH]c(=O)c(=O)[nH]c2c1. The Morgan fingerprint density at radius 1 is 1.18 bits per heavy atom. The monoisotopic (exact) mass is 390 g/mol. The number of hydrogen-bond donors (Lipinski definition) is 3. The molecule has 0 saturated carbocycles. The quantitative estimate of drug-likeness (QED) is 0.543. The highest BCUT2D eigenvalue weighted by Crippen LogP contribution is 2.29. The van der Waals surface area contributed by atoms with Crippen LogP contribution in [-0.4, -0.2) is 70.5 Å². The first-order valence-electron chi connectivity index (χ1n) is 8.47. The predicted molar refractivity (Wildman–Crippen MR) is 92.7 cm³/mol. The summed E-state index contributed by atoms with van der Waals surface area (Å²) in [7, 11) is 0. The molecule has 2 saturated heterocycles. The number of Topliss-reactive ketones (excluding diaryl/α,β-unsaturated/α-hetero) is 1.